The Morgan fingerprint density at radius 3 is 2.50 bits per heavy atom. The quantitative estimate of drug-likeness (QED) is 0.864. The molecule has 0 aliphatic carbocycles. The van der Waals surface area contributed by atoms with E-state index in [9.17, 15) is 9.59 Å². The first-order chi connectivity index (χ1) is 10.3. The van der Waals surface area contributed by atoms with Crippen molar-refractivity contribution in [1.82, 2.24) is 9.80 Å². The lowest BCUT2D eigenvalue weighted by molar-refractivity contribution is -0.131. The van der Waals surface area contributed by atoms with E-state index >= 15 is 0 Å². The van der Waals surface area contributed by atoms with Crippen molar-refractivity contribution in [1.29, 1.82) is 0 Å². The van der Waals surface area contributed by atoms with Crippen LogP contribution in [0.2, 0.25) is 5.02 Å². The topological polar surface area (TPSA) is 61.9 Å². The summed E-state index contributed by atoms with van der Waals surface area (Å²) >= 11 is 5.94. The van der Waals surface area contributed by atoms with E-state index in [2.05, 4.69) is 5.32 Å². The molecule has 1 atom stereocenters. The molecule has 0 saturated carbocycles. The van der Waals surface area contributed by atoms with Gasteiger partial charge in [0.05, 0.1) is 25.4 Å². The summed E-state index contributed by atoms with van der Waals surface area (Å²) in [4.78, 5) is 27.2. The second kappa shape index (κ2) is 8.00. The van der Waals surface area contributed by atoms with E-state index in [0.29, 0.717) is 16.5 Å². The molecule has 0 heterocycles. The van der Waals surface area contributed by atoms with E-state index in [1.165, 1.54) is 12.0 Å². The standard InChI is InChI=1S/C15H22ClN3O3/c1-10(19(4)9-14(20)18(2)3)15(21)17-12-8-11(16)6-7-13(12)22-5/h6-8,10H,9H2,1-5H3,(H,17,21)/t10-/m1/s1. The van der Waals surface area contributed by atoms with Gasteiger partial charge in [0.15, 0.2) is 0 Å². The zero-order valence-corrected chi connectivity index (χ0v) is 14.3. The van der Waals surface area contributed by atoms with Crippen molar-refractivity contribution in [2.24, 2.45) is 0 Å². The Bertz CT molecular complexity index is 549. The molecule has 6 nitrogen and oxygen atoms in total. The smallest absolute Gasteiger partial charge is 0.241 e. The average Bonchev–Trinajstić information content (AvgIpc) is 2.46. The molecule has 0 radical (unpaired) electrons. The summed E-state index contributed by atoms with van der Waals surface area (Å²) in [6.07, 6.45) is 0. The Kier molecular flexibility index (Phi) is 6.64. The van der Waals surface area contributed by atoms with Gasteiger partial charge in [-0.05, 0) is 32.2 Å². The first-order valence-corrected chi connectivity index (χ1v) is 7.18. The first kappa shape index (κ1) is 18.3. The molecule has 0 saturated heterocycles. The van der Waals surface area contributed by atoms with Crippen LogP contribution in [0.15, 0.2) is 18.2 Å². The van der Waals surface area contributed by atoms with Crippen LogP contribution in [0, 0.1) is 0 Å². The number of ether oxygens (including phenoxy) is 1. The maximum atomic E-state index is 12.3. The molecular formula is C15H22ClN3O3. The Morgan fingerprint density at radius 2 is 1.95 bits per heavy atom. The largest absolute Gasteiger partial charge is 0.495 e. The Labute approximate surface area is 136 Å². The van der Waals surface area contributed by atoms with Gasteiger partial charge in [-0.3, -0.25) is 14.5 Å². The number of anilines is 1. The number of hydrogen-bond acceptors (Lipinski definition) is 4. The van der Waals surface area contributed by atoms with E-state index in [-0.39, 0.29) is 18.4 Å². The Balaban J connectivity index is 2.76. The summed E-state index contributed by atoms with van der Waals surface area (Å²) in [5.74, 6) is 0.217. The molecule has 0 aliphatic rings. The van der Waals surface area contributed by atoms with Crippen molar-refractivity contribution < 1.29 is 14.3 Å². The average molecular weight is 328 g/mol. The number of halogens is 1. The van der Waals surface area contributed by atoms with Gasteiger partial charge in [0.2, 0.25) is 11.8 Å². The van der Waals surface area contributed by atoms with Crippen molar-refractivity contribution >= 4 is 29.1 Å². The van der Waals surface area contributed by atoms with Crippen molar-refractivity contribution in [2.75, 3.05) is 40.1 Å². The highest BCUT2D eigenvalue weighted by atomic mass is 35.5. The highest BCUT2D eigenvalue weighted by molar-refractivity contribution is 6.31. The third kappa shape index (κ3) is 4.89. The lowest BCUT2D eigenvalue weighted by atomic mass is 10.2. The number of carbonyl (C=O) groups excluding carboxylic acids is 2. The summed E-state index contributed by atoms with van der Waals surface area (Å²) in [5.41, 5.74) is 0.499. The molecule has 1 rings (SSSR count). The minimum Gasteiger partial charge on any atom is -0.495 e. The predicted octanol–water partition coefficient (Wildman–Crippen LogP) is 1.70. The van der Waals surface area contributed by atoms with E-state index in [1.54, 1.807) is 51.2 Å². The number of carbonyl (C=O) groups is 2. The number of amides is 2. The monoisotopic (exact) mass is 327 g/mol. The summed E-state index contributed by atoms with van der Waals surface area (Å²) in [5, 5.41) is 3.27. The molecule has 0 fully saturated rings. The lowest BCUT2D eigenvalue weighted by Gasteiger charge is -2.25. The third-order valence-corrected chi connectivity index (χ3v) is 3.58. The second-order valence-electron chi connectivity index (χ2n) is 5.21. The van der Waals surface area contributed by atoms with E-state index < -0.39 is 6.04 Å². The minimum atomic E-state index is -0.479. The van der Waals surface area contributed by atoms with E-state index in [4.69, 9.17) is 16.3 Å². The fourth-order valence-electron chi connectivity index (χ4n) is 1.71. The van der Waals surface area contributed by atoms with Crippen molar-refractivity contribution in [3.63, 3.8) is 0 Å². The molecule has 0 unspecified atom stereocenters. The highest BCUT2D eigenvalue weighted by Crippen LogP contribution is 2.27. The maximum Gasteiger partial charge on any atom is 0.241 e. The minimum absolute atomic E-state index is 0.0671. The summed E-state index contributed by atoms with van der Waals surface area (Å²) in [7, 11) is 6.60. The van der Waals surface area contributed by atoms with Gasteiger partial charge in [-0.2, -0.15) is 0 Å². The van der Waals surface area contributed by atoms with Gasteiger partial charge < -0.3 is 15.0 Å². The number of benzene rings is 1. The number of methoxy groups -OCH3 is 1. The fourth-order valence-corrected chi connectivity index (χ4v) is 1.88. The fraction of sp³-hybridized carbons (Fsp3) is 0.467. The summed E-state index contributed by atoms with van der Waals surface area (Å²) in [6, 6.07) is 4.51. The number of hydrogen-bond donors (Lipinski definition) is 1. The van der Waals surface area contributed by atoms with Crippen LogP contribution < -0.4 is 10.1 Å². The Morgan fingerprint density at radius 1 is 1.32 bits per heavy atom. The molecule has 0 aromatic heterocycles. The third-order valence-electron chi connectivity index (χ3n) is 3.34. The van der Waals surface area contributed by atoms with Gasteiger partial charge in [-0.25, -0.2) is 0 Å². The van der Waals surface area contributed by atoms with Gasteiger partial charge in [0, 0.05) is 19.1 Å². The molecule has 0 spiro atoms. The molecule has 0 aliphatic heterocycles. The molecule has 1 aromatic carbocycles. The molecule has 0 bridgehead atoms. The van der Waals surface area contributed by atoms with Crippen molar-refractivity contribution in [3.8, 4) is 5.75 Å². The number of likely N-dealkylation sites (N-methyl/N-ethyl adjacent to an activating group) is 2. The molecule has 22 heavy (non-hydrogen) atoms. The number of nitrogens with zero attached hydrogens (tertiary/aromatic N) is 2. The second-order valence-corrected chi connectivity index (χ2v) is 5.65. The van der Waals surface area contributed by atoms with E-state index in [0.717, 1.165) is 0 Å². The SMILES string of the molecule is COc1ccc(Cl)cc1NC(=O)[C@@H](C)N(C)CC(=O)N(C)C. The molecular weight excluding hydrogens is 306 g/mol. The van der Waals surface area contributed by atoms with Gasteiger partial charge in [0.25, 0.3) is 0 Å². The highest BCUT2D eigenvalue weighted by Gasteiger charge is 2.21. The van der Waals surface area contributed by atoms with Crippen LogP contribution in [0.1, 0.15) is 6.92 Å². The molecule has 1 N–H and O–H groups in total. The molecule has 1 aromatic rings. The van der Waals surface area contributed by atoms with Crippen molar-refractivity contribution in [2.45, 2.75) is 13.0 Å². The van der Waals surface area contributed by atoms with Crippen LogP contribution in [0.3, 0.4) is 0 Å². The van der Waals surface area contributed by atoms with Gasteiger partial charge in [-0.15, -0.1) is 0 Å². The van der Waals surface area contributed by atoms with Crippen molar-refractivity contribution in [3.05, 3.63) is 23.2 Å². The van der Waals surface area contributed by atoms with Crippen LogP contribution >= 0.6 is 11.6 Å². The van der Waals surface area contributed by atoms with E-state index in [1.807, 2.05) is 0 Å². The van der Waals surface area contributed by atoms with Gasteiger partial charge >= 0.3 is 0 Å². The predicted molar refractivity (Wildman–Crippen MR) is 87.4 cm³/mol. The first-order valence-electron chi connectivity index (χ1n) is 6.81. The number of rotatable bonds is 6. The molecule has 7 heteroatoms. The maximum absolute atomic E-state index is 12.3. The number of nitrogens with one attached hydrogen (secondary N) is 1. The van der Waals surface area contributed by atoms with Gasteiger partial charge in [0.1, 0.15) is 5.75 Å². The molecule has 2 amide bonds. The van der Waals surface area contributed by atoms with Gasteiger partial charge in [-0.1, -0.05) is 11.6 Å². The Hall–Kier alpha value is -1.79. The molecule has 122 valence electrons. The van der Waals surface area contributed by atoms with Crippen LogP contribution in [0.4, 0.5) is 5.69 Å². The van der Waals surface area contributed by atoms with Crippen LogP contribution in [-0.4, -0.2) is 62.5 Å². The van der Waals surface area contributed by atoms with Crippen LogP contribution in [-0.2, 0) is 9.59 Å². The normalized spacial score (nSPS) is 12.0. The zero-order valence-electron chi connectivity index (χ0n) is 13.5. The van der Waals surface area contributed by atoms with Crippen LogP contribution in [0.25, 0.3) is 0 Å². The van der Waals surface area contributed by atoms with Crippen LogP contribution in [0.5, 0.6) is 5.75 Å². The summed E-state index contributed by atoms with van der Waals surface area (Å²) in [6.45, 7) is 1.89. The zero-order chi connectivity index (χ0) is 16.9. The summed E-state index contributed by atoms with van der Waals surface area (Å²) < 4.78 is 5.19. The lowest BCUT2D eigenvalue weighted by Crippen LogP contribution is -2.44.